The average Bonchev–Trinajstić information content (AvgIpc) is 2.23. The molecule has 0 spiro atoms. The number of hydrogen-bond acceptors (Lipinski definition) is 3. The van der Waals surface area contributed by atoms with Gasteiger partial charge in [-0.25, -0.2) is 8.42 Å². The van der Waals surface area contributed by atoms with E-state index in [1.165, 1.54) is 25.7 Å². The highest BCUT2D eigenvalue weighted by molar-refractivity contribution is 7.91. The van der Waals surface area contributed by atoms with Crippen molar-refractivity contribution in [3.8, 4) is 0 Å². The van der Waals surface area contributed by atoms with E-state index in [0.717, 1.165) is 6.42 Å². The van der Waals surface area contributed by atoms with E-state index in [4.69, 9.17) is 0 Å². The van der Waals surface area contributed by atoms with E-state index in [-0.39, 0.29) is 17.5 Å². The molecule has 0 aliphatic carbocycles. The van der Waals surface area contributed by atoms with Crippen molar-refractivity contribution in [1.29, 1.82) is 0 Å². The minimum absolute atomic E-state index is 0.0566. The maximum atomic E-state index is 11.5. The molecule has 0 amide bonds. The second-order valence-corrected chi connectivity index (χ2v) is 7.41. The van der Waals surface area contributed by atoms with Crippen LogP contribution in [-0.4, -0.2) is 32.0 Å². The summed E-state index contributed by atoms with van der Waals surface area (Å²) in [6, 6.07) is 0.468. The minimum Gasteiger partial charge on any atom is -0.311 e. The molecule has 0 saturated heterocycles. The number of unbranched alkanes of at least 4 members (excludes halogenated alkanes) is 3. The van der Waals surface area contributed by atoms with Crippen LogP contribution in [-0.2, 0) is 9.84 Å². The molecule has 0 fully saturated rings. The SMILES string of the molecule is CCCCCCC(C)NC(C)CS(=O)(=O)CC. The van der Waals surface area contributed by atoms with Gasteiger partial charge in [0.05, 0.1) is 5.75 Å². The molecule has 0 aromatic heterocycles. The van der Waals surface area contributed by atoms with Crippen LogP contribution in [0.2, 0.25) is 0 Å². The normalized spacial score (nSPS) is 15.8. The predicted molar refractivity (Wildman–Crippen MR) is 75.1 cm³/mol. The molecular formula is C13H29NO2S. The number of nitrogens with one attached hydrogen (secondary N) is 1. The van der Waals surface area contributed by atoms with Crippen molar-refractivity contribution in [3.05, 3.63) is 0 Å². The molecule has 0 aromatic rings. The molecule has 0 aromatic carbocycles. The number of rotatable bonds is 10. The minimum atomic E-state index is -2.86. The van der Waals surface area contributed by atoms with Crippen LogP contribution in [0.5, 0.6) is 0 Å². The van der Waals surface area contributed by atoms with Crippen LogP contribution < -0.4 is 5.32 Å². The molecule has 0 heterocycles. The summed E-state index contributed by atoms with van der Waals surface area (Å²) in [5.41, 5.74) is 0. The van der Waals surface area contributed by atoms with Gasteiger partial charge in [0.15, 0.2) is 9.84 Å². The lowest BCUT2D eigenvalue weighted by atomic mass is 10.1. The number of sulfone groups is 1. The second-order valence-electron chi connectivity index (χ2n) is 5.02. The van der Waals surface area contributed by atoms with E-state index >= 15 is 0 Å². The predicted octanol–water partition coefficient (Wildman–Crippen LogP) is 2.76. The van der Waals surface area contributed by atoms with Crippen molar-refractivity contribution in [3.63, 3.8) is 0 Å². The first-order chi connectivity index (χ1) is 7.91. The molecule has 1 N–H and O–H groups in total. The standard InChI is InChI=1S/C13H29NO2S/c1-5-7-8-9-10-12(3)14-13(4)11-17(15,16)6-2/h12-14H,5-11H2,1-4H3. The fraction of sp³-hybridized carbons (Fsp3) is 1.00. The van der Waals surface area contributed by atoms with E-state index < -0.39 is 9.84 Å². The highest BCUT2D eigenvalue weighted by atomic mass is 32.2. The third-order valence-electron chi connectivity index (χ3n) is 3.00. The Kier molecular flexibility index (Phi) is 8.88. The average molecular weight is 263 g/mol. The van der Waals surface area contributed by atoms with Crippen molar-refractivity contribution in [2.75, 3.05) is 11.5 Å². The van der Waals surface area contributed by atoms with Crippen molar-refractivity contribution >= 4 is 9.84 Å². The van der Waals surface area contributed by atoms with E-state index in [9.17, 15) is 8.42 Å². The molecule has 2 atom stereocenters. The fourth-order valence-corrected chi connectivity index (χ4v) is 3.09. The largest absolute Gasteiger partial charge is 0.311 e. The van der Waals surface area contributed by atoms with Crippen molar-refractivity contribution in [2.45, 2.75) is 71.9 Å². The van der Waals surface area contributed by atoms with E-state index in [0.29, 0.717) is 6.04 Å². The third kappa shape index (κ3) is 9.60. The van der Waals surface area contributed by atoms with Crippen LogP contribution in [0.15, 0.2) is 0 Å². The Morgan fingerprint density at radius 1 is 1.00 bits per heavy atom. The van der Waals surface area contributed by atoms with Gasteiger partial charge in [-0.1, -0.05) is 39.5 Å². The summed E-state index contributed by atoms with van der Waals surface area (Å²) in [5, 5.41) is 3.37. The third-order valence-corrected chi connectivity index (χ3v) is 4.89. The van der Waals surface area contributed by atoms with Gasteiger partial charge in [0.25, 0.3) is 0 Å². The monoisotopic (exact) mass is 263 g/mol. The van der Waals surface area contributed by atoms with E-state index in [1.54, 1.807) is 6.92 Å². The highest BCUT2D eigenvalue weighted by Crippen LogP contribution is 2.06. The summed E-state index contributed by atoms with van der Waals surface area (Å²) in [4.78, 5) is 0. The molecule has 17 heavy (non-hydrogen) atoms. The lowest BCUT2D eigenvalue weighted by Crippen LogP contribution is -2.39. The van der Waals surface area contributed by atoms with Gasteiger partial charge in [0.2, 0.25) is 0 Å². The maximum Gasteiger partial charge on any atom is 0.151 e. The van der Waals surface area contributed by atoms with Gasteiger partial charge < -0.3 is 5.32 Å². The van der Waals surface area contributed by atoms with Gasteiger partial charge in [-0.15, -0.1) is 0 Å². The summed E-state index contributed by atoms with van der Waals surface area (Å²) in [5.74, 6) is 0.493. The van der Waals surface area contributed by atoms with Crippen LogP contribution in [0.1, 0.15) is 59.8 Å². The zero-order valence-corrected chi connectivity index (χ0v) is 12.6. The van der Waals surface area contributed by atoms with Gasteiger partial charge >= 0.3 is 0 Å². The summed E-state index contributed by atoms with van der Waals surface area (Å²) >= 11 is 0. The Morgan fingerprint density at radius 2 is 1.65 bits per heavy atom. The molecule has 0 bridgehead atoms. The van der Waals surface area contributed by atoms with E-state index in [2.05, 4.69) is 19.2 Å². The zero-order chi connectivity index (χ0) is 13.3. The molecule has 0 aliphatic rings. The van der Waals surface area contributed by atoms with Gasteiger partial charge in [-0.2, -0.15) is 0 Å². The molecular weight excluding hydrogens is 234 g/mol. The van der Waals surface area contributed by atoms with Crippen LogP contribution in [0.3, 0.4) is 0 Å². The second kappa shape index (κ2) is 8.92. The van der Waals surface area contributed by atoms with Gasteiger partial charge in [0.1, 0.15) is 0 Å². The fourth-order valence-electron chi connectivity index (χ4n) is 1.99. The lowest BCUT2D eigenvalue weighted by molar-refractivity contribution is 0.444. The molecule has 4 heteroatoms. The molecule has 2 unspecified atom stereocenters. The van der Waals surface area contributed by atoms with Crippen LogP contribution in [0.25, 0.3) is 0 Å². The van der Waals surface area contributed by atoms with Crippen molar-refractivity contribution < 1.29 is 8.42 Å². The number of hydrogen-bond donors (Lipinski definition) is 1. The molecule has 0 aliphatic heterocycles. The lowest BCUT2D eigenvalue weighted by Gasteiger charge is -2.19. The topological polar surface area (TPSA) is 46.2 Å². The van der Waals surface area contributed by atoms with Gasteiger partial charge in [0, 0.05) is 17.8 Å². The molecule has 104 valence electrons. The Morgan fingerprint density at radius 3 is 2.18 bits per heavy atom. The first kappa shape index (κ1) is 16.9. The first-order valence-electron chi connectivity index (χ1n) is 6.87. The maximum absolute atomic E-state index is 11.5. The zero-order valence-electron chi connectivity index (χ0n) is 11.8. The van der Waals surface area contributed by atoms with Crippen LogP contribution in [0.4, 0.5) is 0 Å². The van der Waals surface area contributed by atoms with Crippen molar-refractivity contribution in [1.82, 2.24) is 5.32 Å². The van der Waals surface area contributed by atoms with Crippen LogP contribution >= 0.6 is 0 Å². The molecule has 0 radical (unpaired) electrons. The highest BCUT2D eigenvalue weighted by Gasteiger charge is 2.15. The Labute approximate surface area is 107 Å². The molecule has 0 rings (SSSR count). The molecule has 3 nitrogen and oxygen atoms in total. The summed E-state index contributed by atoms with van der Waals surface area (Å²) in [6.07, 6.45) is 6.20. The van der Waals surface area contributed by atoms with E-state index in [1.807, 2.05) is 6.92 Å². The summed E-state index contributed by atoms with van der Waals surface area (Å²) < 4.78 is 22.9. The summed E-state index contributed by atoms with van der Waals surface area (Å²) in [6.45, 7) is 8.01. The van der Waals surface area contributed by atoms with Crippen LogP contribution in [0, 0.1) is 0 Å². The molecule has 0 saturated carbocycles. The smallest absolute Gasteiger partial charge is 0.151 e. The summed E-state index contributed by atoms with van der Waals surface area (Å²) in [7, 11) is -2.86. The Hall–Kier alpha value is -0.0900. The van der Waals surface area contributed by atoms with Gasteiger partial charge in [-0.05, 0) is 20.3 Å². The Bertz CT molecular complexity index is 275. The van der Waals surface area contributed by atoms with Crippen molar-refractivity contribution in [2.24, 2.45) is 0 Å². The first-order valence-corrected chi connectivity index (χ1v) is 8.69. The van der Waals surface area contributed by atoms with Gasteiger partial charge in [-0.3, -0.25) is 0 Å². The quantitative estimate of drug-likeness (QED) is 0.616. The Balaban J connectivity index is 3.76.